The molecule has 1 aromatic carbocycles. The van der Waals surface area contributed by atoms with Crippen molar-refractivity contribution in [1.82, 2.24) is 25.0 Å². The standard InChI is InChI=1S/C30H32F2N6O5S/c1-5-18-19(7-8-20(31)23(18)32)24-22(27(39)43-6-2)21(34-25(35-24)26-33-9-12-44-26)15-36-10-11-38-17(13-36)14-37(29(38)42)16-30(3,4)28(40)41/h1,7-9,12,17,24H,6,10-11,13-16H2,2-4H3,(H,34,35)(H,40,41)/t17-,24-/m0/s1. The molecule has 0 bridgehead atoms. The highest BCUT2D eigenvalue weighted by Crippen LogP contribution is 2.36. The number of carbonyl (C=O) groups is 3. The number of carboxylic acids is 1. The lowest BCUT2D eigenvalue weighted by molar-refractivity contribution is -0.147. The minimum Gasteiger partial charge on any atom is -0.481 e. The van der Waals surface area contributed by atoms with Gasteiger partial charge in [-0.15, -0.1) is 17.8 Å². The largest absolute Gasteiger partial charge is 0.481 e. The van der Waals surface area contributed by atoms with Gasteiger partial charge in [0.15, 0.2) is 22.5 Å². The Kier molecular flexibility index (Phi) is 8.71. The van der Waals surface area contributed by atoms with Crippen LogP contribution in [0.3, 0.4) is 0 Å². The maximum absolute atomic E-state index is 14.9. The molecule has 0 spiro atoms. The Bertz CT molecular complexity index is 1580. The van der Waals surface area contributed by atoms with E-state index in [-0.39, 0.29) is 48.5 Å². The Morgan fingerprint density at radius 1 is 1.27 bits per heavy atom. The minimum absolute atomic E-state index is 0.0660. The van der Waals surface area contributed by atoms with E-state index in [9.17, 15) is 28.3 Å². The van der Waals surface area contributed by atoms with Crippen LogP contribution >= 0.6 is 11.3 Å². The van der Waals surface area contributed by atoms with Crippen molar-refractivity contribution in [3.05, 3.63) is 62.7 Å². The molecule has 3 aliphatic heterocycles. The van der Waals surface area contributed by atoms with E-state index >= 15 is 0 Å². The average Bonchev–Trinajstić information content (AvgIpc) is 3.62. The summed E-state index contributed by atoms with van der Waals surface area (Å²) in [4.78, 5) is 52.7. The highest BCUT2D eigenvalue weighted by Gasteiger charge is 2.44. The van der Waals surface area contributed by atoms with Crippen molar-refractivity contribution < 1.29 is 33.0 Å². The molecule has 0 radical (unpaired) electrons. The first-order chi connectivity index (χ1) is 20.9. The second-order valence-electron chi connectivity index (χ2n) is 11.4. The number of thiazole rings is 1. The maximum Gasteiger partial charge on any atom is 0.338 e. The number of benzene rings is 1. The SMILES string of the molecule is C#Cc1c([C@@H]2N=C(c3nccs3)NC(CN3CCN4C(=O)N(CC(C)(C)C(=O)O)C[C@@H]4C3)=C2C(=O)OCC)ccc(F)c1F. The molecule has 5 rings (SSSR count). The number of aromatic nitrogens is 1. The number of nitrogens with one attached hydrogen (secondary N) is 1. The molecule has 44 heavy (non-hydrogen) atoms. The van der Waals surface area contributed by atoms with Crippen LogP contribution in [-0.2, 0) is 14.3 Å². The van der Waals surface area contributed by atoms with Crippen molar-refractivity contribution in [3.8, 4) is 12.3 Å². The van der Waals surface area contributed by atoms with Gasteiger partial charge in [0.25, 0.3) is 0 Å². The van der Waals surface area contributed by atoms with E-state index < -0.39 is 35.0 Å². The molecule has 2 amide bonds. The molecule has 1 aromatic heterocycles. The zero-order chi connectivity index (χ0) is 31.8. The first-order valence-electron chi connectivity index (χ1n) is 14.1. The number of aliphatic carboxylic acids is 1. The molecule has 11 nitrogen and oxygen atoms in total. The third-order valence-corrected chi connectivity index (χ3v) is 8.66. The van der Waals surface area contributed by atoms with Crippen LogP contribution in [0.1, 0.15) is 42.9 Å². The molecule has 2 saturated heterocycles. The van der Waals surface area contributed by atoms with Crippen molar-refractivity contribution in [2.45, 2.75) is 32.9 Å². The van der Waals surface area contributed by atoms with Crippen LogP contribution in [0.15, 0.2) is 40.0 Å². The minimum atomic E-state index is -1.21. The zero-order valence-corrected chi connectivity index (χ0v) is 25.3. The first-order valence-corrected chi connectivity index (χ1v) is 14.9. The van der Waals surface area contributed by atoms with Crippen molar-refractivity contribution in [1.29, 1.82) is 0 Å². The molecule has 0 aliphatic carbocycles. The Hall–Kier alpha value is -4.35. The molecule has 2 fully saturated rings. The fourth-order valence-corrected chi connectivity index (χ4v) is 6.26. The number of nitrogens with zero attached hydrogens (tertiary/aromatic N) is 5. The molecule has 0 unspecified atom stereocenters. The molecule has 3 aliphatic rings. The van der Waals surface area contributed by atoms with Crippen LogP contribution < -0.4 is 5.32 Å². The molecular formula is C30H32F2N6O5S. The van der Waals surface area contributed by atoms with Gasteiger partial charge in [-0.05, 0) is 26.8 Å². The van der Waals surface area contributed by atoms with Crippen molar-refractivity contribution in [2.24, 2.45) is 10.4 Å². The Morgan fingerprint density at radius 2 is 2.05 bits per heavy atom. The Morgan fingerprint density at radius 3 is 2.70 bits per heavy atom. The summed E-state index contributed by atoms with van der Waals surface area (Å²) in [5, 5.41) is 15.1. The molecule has 2 atom stereocenters. The lowest BCUT2D eigenvalue weighted by Crippen LogP contribution is -2.53. The number of hydrogen-bond acceptors (Lipinski definition) is 9. The van der Waals surface area contributed by atoms with E-state index in [0.717, 1.165) is 6.07 Å². The second kappa shape index (κ2) is 12.3. The quantitative estimate of drug-likeness (QED) is 0.322. The van der Waals surface area contributed by atoms with E-state index in [0.29, 0.717) is 42.7 Å². The number of rotatable bonds is 9. The van der Waals surface area contributed by atoms with Crippen LogP contribution in [0.25, 0.3) is 0 Å². The van der Waals surface area contributed by atoms with Crippen molar-refractivity contribution >= 4 is 35.1 Å². The van der Waals surface area contributed by atoms with E-state index in [2.05, 4.69) is 21.1 Å². The van der Waals surface area contributed by atoms with Gasteiger partial charge < -0.3 is 25.0 Å². The summed E-state index contributed by atoms with van der Waals surface area (Å²) in [6.07, 6.45) is 7.21. The number of piperazine rings is 1. The smallest absolute Gasteiger partial charge is 0.338 e. The number of terminal acetylenes is 1. The number of hydrogen-bond donors (Lipinski definition) is 2. The number of esters is 1. The predicted octanol–water partition coefficient (Wildman–Crippen LogP) is 2.84. The van der Waals surface area contributed by atoms with E-state index in [1.165, 1.54) is 17.4 Å². The maximum atomic E-state index is 14.9. The summed E-state index contributed by atoms with van der Waals surface area (Å²) in [5.41, 5.74) is -0.784. The third kappa shape index (κ3) is 5.89. The number of aliphatic imine (C=N–C) groups is 1. The van der Waals surface area contributed by atoms with Crippen LogP contribution in [0, 0.1) is 29.4 Å². The van der Waals surface area contributed by atoms with Gasteiger partial charge in [-0.25, -0.2) is 23.4 Å². The van der Waals surface area contributed by atoms with Crippen molar-refractivity contribution in [2.75, 3.05) is 45.9 Å². The molecule has 2 aromatic rings. The molecule has 14 heteroatoms. The fraction of sp³-hybridized carbons (Fsp3) is 0.433. The molecule has 0 saturated carbocycles. The molecule has 4 heterocycles. The number of ether oxygens (including phenoxy) is 1. The molecule has 2 N–H and O–H groups in total. The number of carboxylic acid groups (broad SMARTS) is 1. The molecule has 232 valence electrons. The first kappa shape index (κ1) is 31.1. The summed E-state index contributed by atoms with van der Waals surface area (Å²) in [7, 11) is 0. The topological polar surface area (TPSA) is 128 Å². The Labute approximate surface area is 257 Å². The normalized spacial score (nSPS) is 20.6. The van der Waals surface area contributed by atoms with Crippen LogP contribution in [0.4, 0.5) is 13.6 Å². The number of amides is 2. The second-order valence-corrected chi connectivity index (χ2v) is 12.3. The highest BCUT2D eigenvalue weighted by atomic mass is 32.1. The fourth-order valence-electron chi connectivity index (χ4n) is 5.67. The average molecular weight is 627 g/mol. The van der Waals surface area contributed by atoms with E-state index in [1.807, 2.05) is 0 Å². The monoisotopic (exact) mass is 626 g/mol. The number of carbonyl (C=O) groups excluding carboxylic acids is 2. The van der Waals surface area contributed by atoms with Gasteiger partial charge >= 0.3 is 18.0 Å². The van der Waals surface area contributed by atoms with Gasteiger partial charge in [0.2, 0.25) is 0 Å². The van der Waals surface area contributed by atoms with Gasteiger partial charge in [-0.1, -0.05) is 12.0 Å². The van der Waals surface area contributed by atoms with Gasteiger partial charge in [0, 0.05) is 62.1 Å². The van der Waals surface area contributed by atoms with E-state index in [1.54, 1.807) is 42.1 Å². The number of amidine groups is 1. The number of halogens is 2. The van der Waals surface area contributed by atoms with E-state index in [4.69, 9.17) is 16.2 Å². The van der Waals surface area contributed by atoms with Crippen molar-refractivity contribution in [3.63, 3.8) is 0 Å². The molecular weight excluding hydrogens is 594 g/mol. The Balaban J connectivity index is 1.49. The lowest BCUT2D eigenvalue weighted by Gasteiger charge is -2.38. The number of fused-ring (bicyclic) bond motifs is 1. The zero-order valence-electron chi connectivity index (χ0n) is 24.5. The third-order valence-electron chi connectivity index (χ3n) is 7.88. The van der Waals surface area contributed by atoms with Gasteiger partial charge in [0.1, 0.15) is 6.04 Å². The highest BCUT2D eigenvalue weighted by molar-refractivity contribution is 7.11. The van der Waals surface area contributed by atoms with Gasteiger partial charge in [-0.3, -0.25) is 14.7 Å². The van der Waals surface area contributed by atoms with Crippen LogP contribution in [-0.4, -0.2) is 101 Å². The van der Waals surface area contributed by atoms with Gasteiger partial charge in [0.05, 0.1) is 29.2 Å². The van der Waals surface area contributed by atoms with Crippen LogP contribution in [0.5, 0.6) is 0 Å². The number of urea groups is 1. The van der Waals surface area contributed by atoms with Gasteiger partial charge in [-0.2, -0.15) is 0 Å². The predicted molar refractivity (Wildman–Crippen MR) is 158 cm³/mol. The van der Waals surface area contributed by atoms with Crippen LogP contribution in [0.2, 0.25) is 0 Å². The summed E-state index contributed by atoms with van der Waals surface area (Å²) in [6, 6.07) is 0.748. The summed E-state index contributed by atoms with van der Waals surface area (Å²) >= 11 is 1.31. The summed E-state index contributed by atoms with van der Waals surface area (Å²) in [5.74, 6) is -1.46. The lowest BCUT2D eigenvalue weighted by atomic mass is 9.91. The summed E-state index contributed by atoms with van der Waals surface area (Å²) in [6.45, 7) is 6.86. The summed E-state index contributed by atoms with van der Waals surface area (Å²) < 4.78 is 34.4.